The van der Waals surface area contributed by atoms with E-state index < -0.39 is 63.9 Å². The van der Waals surface area contributed by atoms with Gasteiger partial charge in [0.1, 0.15) is 17.1 Å². The van der Waals surface area contributed by atoms with Crippen molar-refractivity contribution < 1.29 is 84.2 Å². The number of aromatic nitrogens is 5. The molecule has 0 atom stereocenters. The fraction of sp³-hybridized carbons (Fsp3) is 0.492. The van der Waals surface area contributed by atoms with Crippen LogP contribution in [0.2, 0.25) is 0 Å². The lowest BCUT2D eigenvalue weighted by atomic mass is 9.92. The summed E-state index contributed by atoms with van der Waals surface area (Å²) in [6, 6.07) is 5.71. The second-order valence-electron chi connectivity index (χ2n) is 21.2. The summed E-state index contributed by atoms with van der Waals surface area (Å²) in [7, 11) is 3.04. The van der Waals surface area contributed by atoms with Gasteiger partial charge in [-0.3, -0.25) is 28.8 Å². The topological polar surface area (TPSA) is 418 Å². The monoisotopic (exact) mass is 1340 g/mol. The molecule has 8 N–H and O–H groups in total. The summed E-state index contributed by atoms with van der Waals surface area (Å²) in [6.45, 7) is 8.46. The number of anilines is 2. The summed E-state index contributed by atoms with van der Waals surface area (Å²) in [6.07, 6.45) is 2.91. The Labute approximate surface area is 543 Å². The number of hydrogen-bond donors (Lipinski definition) is 6. The standard InChI is InChI=1S/C59H78F4N18O14/c1-37-49(39(3)78(5)51(37)55(84)72-42-7-9-45(60)47(62)27-42)53(82)57(86)68-29-41(64)31-80(67)13-17-90-21-25-94-35-59(33-92-23-19-88-15-11-70-75-65,34-93-24-20-89-16-12-71-76-66)36-95-26-22-91-18-14-81-32-44(74-77-81)30-69-58(87)54(83)50-38(2)52(79(6)40(50)4)56(85)73-43-8-10-46(61)48(63)28-43/h7-10,27-28,31-32H,11-26,29-30,33-36,64,67H2,1-6H3,(H,68,86)(H,69,87)(H,72,84)(H,73,85)/b41-31-. The molecule has 0 aliphatic heterocycles. The first-order chi connectivity index (χ1) is 45.5. The number of halogens is 4. The molecule has 36 heteroatoms. The normalized spacial score (nSPS) is 12.0. The van der Waals surface area contributed by atoms with Crippen LogP contribution in [-0.2, 0) is 74.7 Å². The highest BCUT2D eigenvalue weighted by Crippen LogP contribution is 2.26. The van der Waals surface area contributed by atoms with Crippen molar-refractivity contribution in [1.29, 1.82) is 0 Å². The minimum absolute atomic E-state index is 0.000205. The van der Waals surface area contributed by atoms with Gasteiger partial charge in [0.15, 0.2) is 23.3 Å². The molecule has 4 amide bonds. The van der Waals surface area contributed by atoms with Gasteiger partial charge in [-0.25, -0.2) is 28.1 Å². The number of benzene rings is 2. The number of nitrogens with one attached hydrogen (secondary N) is 4. The van der Waals surface area contributed by atoms with E-state index >= 15 is 0 Å². The lowest BCUT2D eigenvalue weighted by Crippen LogP contribution is -2.43. The third kappa shape index (κ3) is 23.9. The van der Waals surface area contributed by atoms with E-state index in [4.69, 9.17) is 60.5 Å². The molecule has 516 valence electrons. The van der Waals surface area contributed by atoms with E-state index in [0.29, 0.717) is 17.1 Å². The molecule has 0 bridgehead atoms. The molecule has 0 saturated carbocycles. The first kappa shape index (κ1) is 76.4. The smallest absolute Gasteiger partial charge is 0.292 e. The molecule has 0 unspecified atom stereocenters. The molecular weight excluding hydrogens is 1260 g/mol. The average Bonchev–Trinajstić information content (AvgIpc) is 1.64. The molecule has 0 aliphatic carbocycles. The van der Waals surface area contributed by atoms with E-state index in [1.165, 1.54) is 65.1 Å². The molecule has 0 saturated heterocycles. The maximum Gasteiger partial charge on any atom is 0.292 e. The Balaban J connectivity index is 1.08. The zero-order valence-electron chi connectivity index (χ0n) is 53.4. The molecule has 95 heavy (non-hydrogen) atoms. The van der Waals surface area contributed by atoms with E-state index in [9.17, 15) is 46.3 Å². The molecule has 3 heterocycles. The zero-order valence-corrected chi connectivity index (χ0v) is 53.4. The third-order valence-corrected chi connectivity index (χ3v) is 14.2. The van der Waals surface area contributed by atoms with Gasteiger partial charge in [0.05, 0.1) is 155 Å². The van der Waals surface area contributed by atoms with Crippen molar-refractivity contribution in [1.82, 2.24) is 39.8 Å². The summed E-state index contributed by atoms with van der Waals surface area (Å²) in [4.78, 5) is 84.7. The van der Waals surface area contributed by atoms with Gasteiger partial charge in [0.2, 0.25) is 0 Å². The van der Waals surface area contributed by atoms with Crippen LogP contribution in [0.4, 0.5) is 28.9 Å². The Hall–Kier alpha value is -9.32. The summed E-state index contributed by atoms with van der Waals surface area (Å²) >= 11 is 0. The van der Waals surface area contributed by atoms with Crippen LogP contribution in [0.1, 0.15) is 69.9 Å². The van der Waals surface area contributed by atoms with Crippen LogP contribution in [0.5, 0.6) is 0 Å². The van der Waals surface area contributed by atoms with E-state index in [1.807, 2.05) is 0 Å². The van der Waals surface area contributed by atoms with Crippen LogP contribution in [0.25, 0.3) is 20.9 Å². The number of azide groups is 2. The highest BCUT2D eigenvalue weighted by Gasteiger charge is 2.34. The maximum atomic E-state index is 13.8. The van der Waals surface area contributed by atoms with E-state index in [0.717, 1.165) is 24.3 Å². The summed E-state index contributed by atoms with van der Waals surface area (Å²) < 4.78 is 106. The van der Waals surface area contributed by atoms with E-state index in [-0.39, 0.29) is 196 Å². The van der Waals surface area contributed by atoms with Crippen molar-refractivity contribution in [3.63, 3.8) is 0 Å². The number of amides is 4. The minimum atomic E-state index is -1.16. The van der Waals surface area contributed by atoms with Gasteiger partial charge < -0.3 is 79.0 Å². The molecule has 5 rings (SSSR count). The summed E-state index contributed by atoms with van der Waals surface area (Å²) in [5, 5.41) is 26.2. The van der Waals surface area contributed by atoms with E-state index in [1.54, 1.807) is 20.0 Å². The number of carbonyl (C=O) groups excluding carboxylic acids is 6. The first-order valence-corrected chi connectivity index (χ1v) is 29.5. The number of carbonyl (C=O) groups is 6. The van der Waals surface area contributed by atoms with Crippen molar-refractivity contribution in [2.24, 2.45) is 41.3 Å². The number of Topliss-reactive ketones (excluding diaryl/α,β-unsaturated/α-hetero) is 2. The van der Waals surface area contributed by atoms with Crippen LogP contribution in [0.15, 0.2) is 64.7 Å². The average molecular weight is 1340 g/mol. The Morgan fingerprint density at radius 1 is 0.611 bits per heavy atom. The fourth-order valence-corrected chi connectivity index (χ4v) is 9.30. The Kier molecular flexibility index (Phi) is 31.7. The van der Waals surface area contributed by atoms with Crippen LogP contribution >= 0.6 is 0 Å². The summed E-state index contributed by atoms with van der Waals surface area (Å²) in [5.41, 5.74) is 23.8. The first-order valence-electron chi connectivity index (χ1n) is 29.5. The van der Waals surface area contributed by atoms with Crippen molar-refractivity contribution in [2.75, 3.05) is 143 Å². The number of nitrogens with zero attached hydrogens (tertiary/aromatic N) is 12. The molecule has 0 fully saturated rings. The fourth-order valence-electron chi connectivity index (χ4n) is 9.30. The number of rotatable bonds is 45. The van der Waals surface area contributed by atoms with Crippen molar-refractivity contribution in [3.05, 3.63) is 149 Å². The van der Waals surface area contributed by atoms with Crippen molar-refractivity contribution >= 4 is 46.6 Å². The van der Waals surface area contributed by atoms with Gasteiger partial charge in [-0.1, -0.05) is 15.4 Å². The number of hydrazine groups is 1. The predicted octanol–water partition coefficient (Wildman–Crippen LogP) is 4.46. The number of nitrogens with two attached hydrogens (primary N) is 2. The Morgan fingerprint density at radius 3 is 1.47 bits per heavy atom. The molecule has 0 radical (unpaired) electrons. The molecule has 5 aromatic rings. The SMILES string of the molecule is Cc1c(C(=O)C(=O)NC/C(N)=C/N(N)CCOCCOCC(COCCOCCN=[N+]=[N-])(COCCOCCN=[N+]=[N-])COCCOCCn2cc(CNC(=O)C(=O)c3c(C)c(C(=O)Nc4ccc(F)c(F)c4)n(C)c3C)nn2)c(C)n(C)c1C(=O)Nc1ccc(F)c(F)c1. The van der Waals surface area contributed by atoms with Gasteiger partial charge in [0.25, 0.3) is 35.2 Å². The summed E-state index contributed by atoms with van der Waals surface area (Å²) in [5.74, 6) is -3.62. The van der Waals surface area contributed by atoms with Crippen LogP contribution in [0, 0.1) is 56.4 Å². The molecular formula is C59H78F4N18O14. The Morgan fingerprint density at radius 2 is 1.03 bits per heavy atom. The highest BCUT2D eigenvalue weighted by atomic mass is 19.2. The second-order valence-corrected chi connectivity index (χ2v) is 21.2. The van der Waals surface area contributed by atoms with Crippen LogP contribution < -0.4 is 32.8 Å². The highest BCUT2D eigenvalue weighted by molar-refractivity contribution is 6.44. The number of ketones is 2. The van der Waals surface area contributed by atoms with Crippen molar-refractivity contribution in [2.45, 2.75) is 40.8 Å². The van der Waals surface area contributed by atoms with Gasteiger partial charge >= 0.3 is 0 Å². The molecule has 2 aromatic carbocycles. The van der Waals surface area contributed by atoms with Crippen LogP contribution in [0.3, 0.4) is 0 Å². The van der Waals surface area contributed by atoms with Crippen LogP contribution in [-0.4, -0.2) is 196 Å². The quantitative estimate of drug-likeness (QED) is 0.00360. The number of hydrogen-bond acceptors (Lipinski definition) is 21. The van der Waals surface area contributed by atoms with Crippen molar-refractivity contribution in [3.8, 4) is 0 Å². The lowest BCUT2D eigenvalue weighted by molar-refractivity contribution is -0.121. The van der Waals surface area contributed by atoms with E-state index in [2.05, 4.69) is 51.6 Å². The molecule has 32 nitrogen and oxygen atoms in total. The Bertz CT molecular complexity index is 3540. The van der Waals surface area contributed by atoms with Gasteiger partial charge in [-0.05, 0) is 74.1 Å². The minimum Gasteiger partial charge on any atom is -0.399 e. The van der Waals surface area contributed by atoms with Gasteiger partial charge in [0, 0.05) is 83.8 Å². The number of ether oxygens (including phenoxy) is 8. The molecule has 3 aromatic heterocycles. The largest absolute Gasteiger partial charge is 0.399 e. The van der Waals surface area contributed by atoms with Gasteiger partial charge in [-0.2, -0.15) is 0 Å². The molecule has 0 aliphatic rings. The second kappa shape index (κ2) is 39.4. The maximum absolute atomic E-state index is 13.8. The molecule has 0 spiro atoms. The zero-order chi connectivity index (χ0) is 69.5. The third-order valence-electron chi connectivity index (χ3n) is 14.2. The van der Waals surface area contributed by atoms with Gasteiger partial charge in [-0.15, -0.1) is 5.10 Å². The lowest BCUT2D eigenvalue weighted by Gasteiger charge is -2.33. The predicted molar refractivity (Wildman–Crippen MR) is 332 cm³/mol.